The van der Waals surface area contributed by atoms with E-state index < -0.39 is 11.9 Å². The Morgan fingerprint density at radius 2 is 2.00 bits per heavy atom. The summed E-state index contributed by atoms with van der Waals surface area (Å²) in [5.41, 5.74) is 2.13. The Morgan fingerprint density at radius 1 is 1.29 bits per heavy atom. The number of hydrogen-bond acceptors (Lipinski definition) is 3. The maximum absolute atomic E-state index is 11.0. The van der Waals surface area contributed by atoms with Crippen molar-refractivity contribution in [3.05, 3.63) is 23.8 Å². The van der Waals surface area contributed by atoms with E-state index in [-0.39, 0.29) is 6.04 Å². The van der Waals surface area contributed by atoms with Gasteiger partial charge in [0.1, 0.15) is 11.0 Å². The topological polar surface area (TPSA) is 68.0 Å². The van der Waals surface area contributed by atoms with Crippen LogP contribution in [0.1, 0.15) is 38.3 Å². The molecule has 0 spiro atoms. The molecule has 1 unspecified atom stereocenters. The van der Waals surface area contributed by atoms with Crippen LogP contribution in [0.5, 0.6) is 0 Å². The first-order chi connectivity index (χ1) is 8.00. The number of hydrogen-bond donors (Lipinski definition) is 1. The van der Waals surface area contributed by atoms with Crippen LogP contribution in [0.15, 0.2) is 18.2 Å². The van der Waals surface area contributed by atoms with Gasteiger partial charge in [0.05, 0.1) is 12.0 Å². The summed E-state index contributed by atoms with van der Waals surface area (Å²) in [5, 5.41) is 17.7. The first kappa shape index (κ1) is 11.6. The van der Waals surface area contributed by atoms with Crippen LogP contribution in [0.2, 0.25) is 0 Å². The van der Waals surface area contributed by atoms with Gasteiger partial charge < -0.3 is 5.11 Å². The number of rotatable bonds is 3. The number of fused-ring (bicyclic) bond motifs is 1. The van der Waals surface area contributed by atoms with E-state index in [1.54, 1.807) is 17.8 Å². The van der Waals surface area contributed by atoms with Gasteiger partial charge in [-0.1, -0.05) is 12.1 Å². The van der Waals surface area contributed by atoms with Crippen LogP contribution in [0.4, 0.5) is 0 Å². The van der Waals surface area contributed by atoms with E-state index in [9.17, 15) is 4.79 Å². The largest absolute Gasteiger partial charge is 0.481 e. The van der Waals surface area contributed by atoms with Crippen molar-refractivity contribution < 1.29 is 9.90 Å². The zero-order chi connectivity index (χ0) is 12.6. The highest BCUT2D eigenvalue weighted by Gasteiger charge is 2.19. The molecule has 17 heavy (non-hydrogen) atoms. The molecular formula is C12H15N3O2. The summed E-state index contributed by atoms with van der Waals surface area (Å²) in [6, 6.07) is 5.62. The van der Waals surface area contributed by atoms with Crippen LogP contribution in [-0.2, 0) is 4.79 Å². The Labute approximate surface area is 99.1 Å². The second-order valence-corrected chi connectivity index (χ2v) is 4.39. The predicted molar refractivity (Wildman–Crippen MR) is 64.0 cm³/mol. The summed E-state index contributed by atoms with van der Waals surface area (Å²) in [6.07, 6.45) is 0. The van der Waals surface area contributed by atoms with Crippen molar-refractivity contribution in [1.82, 2.24) is 15.0 Å². The van der Waals surface area contributed by atoms with Gasteiger partial charge in [-0.15, -0.1) is 0 Å². The molecule has 1 N–H and O–H groups in total. The lowest BCUT2D eigenvalue weighted by Gasteiger charge is -2.06. The number of benzene rings is 1. The SMILES string of the molecule is CC(C(=O)O)c1cccc2nn(C(C)C)nc12. The highest BCUT2D eigenvalue weighted by Crippen LogP contribution is 2.23. The molecule has 0 fully saturated rings. The molecule has 1 aromatic heterocycles. The van der Waals surface area contributed by atoms with Gasteiger partial charge >= 0.3 is 5.97 Å². The first-order valence-electron chi connectivity index (χ1n) is 5.59. The lowest BCUT2D eigenvalue weighted by atomic mass is 10.0. The zero-order valence-corrected chi connectivity index (χ0v) is 10.1. The molecule has 1 aromatic carbocycles. The van der Waals surface area contributed by atoms with E-state index in [1.165, 1.54) is 0 Å². The smallest absolute Gasteiger partial charge is 0.310 e. The van der Waals surface area contributed by atoms with Crippen molar-refractivity contribution in [2.24, 2.45) is 0 Å². The molecule has 5 heteroatoms. The van der Waals surface area contributed by atoms with Gasteiger partial charge in [-0.2, -0.15) is 15.0 Å². The van der Waals surface area contributed by atoms with E-state index in [0.717, 1.165) is 5.52 Å². The molecule has 2 rings (SSSR count). The first-order valence-corrected chi connectivity index (χ1v) is 5.59. The van der Waals surface area contributed by atoms with Gasteiger partial charge in [-0.25, -0.2) is 0 Å². The fraction of sp³-hybridized carbons (Fsp3) is 0.417. The molecule has 0 radical (unpaired) electrons. The van der Waals surface area contributed by atoms with Gasteiger partial charge in [0.2, 0.25) is 0 Å². The highest BCUT2D eigenvalue weighted by atomic mass is 16.4. The molecule has 0 amide bonds. The highest BCUT2D eigenvalue weighted by molar-refractivity contribution is 5.85. The Kier molecular flexibility index (Phi) is 2.83. The molecule has 90 valence electrons. The van der Waals surface area contributed by atoms with E-state index >= 15 is 0 Å². The van der Waals surface area contributed by atoms with Crippen LogP contribution >= 0.6 is 0 Å². The van der Waals surface area contributed by atoms with Gasteiger partial charge in [0, 0.05) is 0 Å². The molecule has 0 aliphatic rings. The average molecular weight is 233 g/mol. The summed E-state index contributed by atoms with van der Waals surface area (Å²) < 4.78 is 0. The van der Waals surface area contributed by atoms with Crippen LogP contribution < -0.4 is 0 Å². The lowest BCUT2D eigenvalue weighted by molar-refractivity contribution is -0.138. The normalized spacial score (nSPS) is 13.2. The van der Waals surface area contributed by atoms with E-state index in [2.05, 4.69) is 10.2 Å². The summed E-state index contributed by atoms with van der Waals surface area (Å²) >= 11 is 0. The molecular weight excluding hydrogens is 218 g/mol. The van der Waals surface area contributed by atoms with Crippen LogP contribution in [0.25, 0.3) is 11.0 Å². The number of carbonyl (C=O) groups is 1. The number of aromatic nitrogens is 3. The molecule has 2 aromatic rings. The quantitative estimate of drug-likeness (QED) is 0.882. The van der Waals surface area contributed by atoms with E-state index in [0.29, 0.717) is 11.1 Å². The average Bonchev–Trinajstić information content (AvgIpc) is 2.71. The van der Waals surface area contributed by atoms with Crippen molar-refractivity contribution in [2.45, 2.75) is 32.7 Å². The maximum atomic E-state index is 11.0. The Balaban J connectivity index is 2.60. The van der Waals surface area contributed by atoms with Gasteiger partial charge in [-0.3, -0.25) is 4.79 Å². The monoisotopic (exact) mass is 233 g/mol. The van der Waals surface area contributed by atoms with Crippen LogP contribution in [-0.4, -0.2) is 26.1 Å². The second-order valence-electron chi connectivity index (χ2n) is 4.39. The molecule has 0 bridgehead atoms. The van der Waals surface area contributed by atoms with Crippen molar-refractivity contribution in [3.63, 3.8) is 0 Å². The summed E-state index contributed by atoms with van der Waals surface area (Å²) in [7, 11) is 0. The van der Waals surface area contributed by atoms with Crippen molar-refractivity contribution in [1.29, 1.82) is 0 Å². The molecule has 0 saturated carbocycles. The Hall–Kier alpha value is -1.91. The van der Waals surface area contributed by atoms with Crippen LogP contribution in [0, 0.1) is 0 Å². The van der Waals surface area contributed by atoms with Gasteiger partial charge in [0.25, 0.3) is 0 Å². The third-order valence-corrected chi connectivity index (χ3v) is 2.76. The molecule has 0 aliphatic carbocycles. The maximum Gasteiger partial charge on any atom is 0.310 e. The summed E-state index contributed by atoms with van der Waals surface area (Å²) in [5.74, 6) is -1.42. The fourth-order valence-electron chi connectivity index (χ4n) is 1.69. The van der Waals surface area contributed by atoms with Crippen molar-refractivity contribution in [3.8, 4) is 0 Å². The van der Waals surface area contributed by atoms with Crippen LogP contribution in [0.3, 0.4) is 0 Å². The minimum Gasteiger partial charge on any atom is -0.481 e. The third kappa shape index (κ3) is 2.00. The second kappa shape index (κ2) is 4.16. The zero-order valence-electron chi connectivity index (χ0n) is 10.1. The number of nitrogens with zero attached hydrogens (tertiary/aromatic N) is 3. The molecule has 5 nitrogen and oxygen atoms in total. The number of carboxylic acids is 1. The third-order valence-electron chi connectivity index (χ3n) is 2.76. The predicted octanol–water partition coefficient (Wildman–Crippen LogP) is 2.20. The lowest BCUT2D eigenvalue weighted by Crippen LogP contribution is -2.08. The molecule has 1 atom stereocenters. The number of aliphatic carboxylic acids is 1. The van der Waals surface area contributed by atoms with E-state index in [4.69, 9.17) is 5.11 Å². The molecule has 0 saturated heterocycles. The van der Waals surface area contributed by atoms with Crippen molar-refractivity contribution >= 4 is 17.0 Å². The molecule has 0 aliphatic heterocycles. The van der Waals surface area contributed by atoms with Crippen molar-refractivity contribution in [2.75, 3.05) is 0 Å². The Morgan fingerprint density at radius 3 is 2.59 bits per heavy atom. The minimum atomic E-state index is -0.850. The summed E-state index contributed by atoms with van der Waals surface area (Å²) in [6.45, 7) is 5.63. The van der Waals surface area contributed by atoms with Gasteiger partial charge in [-0.05, 0) is 32.4 Å². The fourth-order valence-corrected chi connectivity index (χ4v) is 1.69. The minimum absolute atomic E-state index is 0.162. The standard InChI is InChI=1S/C12H15N3O2/c1-7(2)15-13-10-6-4-5-9(11(10)14-15)8(3)12(16)17/h4-8H,1-3H3,(H,16,17). The van der Waals surface area contributed by atoms with E-state index in [1.807, 2.05) is 26.0 Å². The summed E-state index contributed by atoms with van der Waals surface area (Å²) in [4.78, 5) is 12.6. The number of carboxylic acid groups (broad SMARTS) is 1. The molecule has 1 heterocycles. The van der Waals surface area contributed by atoms with Gasteiger partial charge in [0.15, 0.2) is 0 Å². The Bertz CT molecular complexity index is 560.